The van der Waals surface area contributed by atoms with Gasteiger partial charge < -0.3 is 9.84 Å². The molecular weight excluding hydrogens is 320 g/mol. The molecule has 0 amide bonds. The molecule has 1 aromatic carbocycles. The molecule has 24 heavy (non-hydrogen) atoms. The molecule has 1 atom stereocenters. The quantitative estimate of drug-likeness (QED) is 0.768. The largest absolute Gasteiger partial charge is 0.350 e. The molecule has 0 saturated carbocycles. The summed E-state index contributed by atoms with van der Waals surface area (Å²) in [4.78, 5) is 8.46. The van der Waals surface area contributed by atoms with Crippen LogP contribution in [0.5, 0.6) is 0 Å². The first kappa shape index (κ1) is 15.4. The Labute approximate surface area is 145 Å². The maximum atomic E-state index is 5.33. The molecule has 1 aliphatic rings. The Morgan fingerprint density at radius 1 is 1.29 bits per heavy atom. The molecule has 1 unspecified atom stereocenters. The number of nitrogens with one attached hydrogen (secondary N) is 1. The summed E-state index contributed by atoms with van der Waals surface area (Å²) < 4.78 is 5.33. The molecule has 0 fully saturated rings. The van der Waals surface area contributed by atoms with Crippen molar-refractivity contribution in [2.45, 2.75) is 25.9 Å². The first-order valence-electron chi connectivity index (χ1n) is 8.22. The number of hydrogen-bond donors (Lipinski definition) is 1. The third-order valence-corrected chi connectivity index (χ3v) is 5.49. The molecule has 2 aromatic heterocycles. The van der Waals surface area contributed by atoms with E-state index in [2.05, 4.69) is 38.7 Å². The summed E-state index contributed by atoms with van der Waals surface area (Å²) in [5, 5.41) is 9.51. The Morgan fingerprint density at radius 2 is 2.17 bits per heavy atom. The van der Waals surface area contributed by atoms with Gasteiger partial charge in [0.25, 0.3) is 11.8 Å². The third kappa shape index (κ3) is 3.20. The average Bonchev–Trinajstić information content (AvgIpc) is 3.29. The van der Waals surface area contributed by atoms with E-state index in [0.29, 0.717) is 17.9 Å². The molecule has 4 rings (SSSR count). The van der Waals surface area contributed by atoms with Gasteiger partial charge in [-0.15, -0.1) is 11.3 Å². The molecule has 3 heterocycles. The van der Waals surface area contributed by atoms with Crippen molar-refractivity contribution in [2.75, 3.05) is 18.4 Å². The molecule has 0 saturated heterocycles. The summed E-state index contributed by atoms with van der Waals surface area (Å²) in [5.41, 5.74) is 2.41. The molecule has 1 aliphatic heterocycles. The normalized spacial score (nSPS) is 15.9. The fourth-order valence-corrected chi connectivity index (χ4v) is 3.90. The van der Waals surface area contributed by atoms with E-state index >= 15 is 0 Å². The minimum absolute atomic E-state index is 0.414. The zero-order valence-electron chi connectivity index (χ0n) is 13.6. The summed E-state index contributed by atoms with van der Waals surface area (Å²) in [6.45, 7) is 5.18. The third-order valence-electron chi connectivity index (χ3n) is 4.46. The second-order valence-electron chi connectivity index (χ2n) is 6.11. The summed E-state index contributed by atoms with van der Waals surface area (Å²) in [6.07, 6.45) is 1.15. The van der Waals surface area contributed by atoms with E-state index in [-0.39, 0.29) is 0 Å². The van der Waals surface area contributed by atoms with Crippen molar-refractivity contribution < 1.29 is 4.52 Å². The van der Waals surface area contributed by atoms with Crippen molar-refractivity contribution in [1.29, 1.82) is 0 Å². The number of aromatic nitrogens is 2. The number of nitrogens with zero attached hydrogens (tertiary/aromatic N) is 3. The minimum Gasteiger partial charge on any atom is -0.350 e. The highest BCUT2D eigenvalue weighted by Gasteiger charge is 2.21. The van der Waals surface area contributed by atoms with E-state index in [4.69, 9.17) is 4.52 Å². The van der Waals surface area contributed by atoms with Gasteiger partial charge in [-0.2, -0.15) is 4.98 Å². The number of benzene rings is 1. The van der Waals surface area contributed by atoms with Crippen molar-refractivity contribution in [3.8, 4) is 11.5 Å². The molecule has 0 spiro atoms. The summed E-state index contributed by atoms with van der Waals surface area (Å²) in [5.74, 6) is 1.10. The van der Waals surface area contributed by atoms with Crippen LogP contribution in [0.2, 0.25) is 0 Å². The fourth-order valence-electron chi connectivity index (χ4n) is 3.01. The topological polar surface area (TPSA) is 54.2 Å². The summed E-state index contributed by atoms with van der Waals surface area (Å²) in [7, 11) is 0. The van der Waals surface area contributed by atoms with Gasteiger partial charge in [0.05, 0.1) is 0 Å². The molecule has 3 aromatic rings. The molecule has 0 bridgehead atoms. The predicted octanol–water partition coefficient (Wildman–Crippen LogP) is 3.66. The minimum atomic E-state index is 0.414. The van der Waals surface area contributed by atoms with Crippen LogP contribution in [0.3, 0.4) is 0 Å². The van der Waals surface area contributed by atoms with Crippen molar-refractivity contribution >= 4 is 17.3 Å². The van der Waals surface area contributed by atoms with Gasteiger partial charge in [0.1, 0.15) is 0 Å². The molecule has 6 heteroatoms. The second kappa shape index (κ2) is 6.75. The van der Waals surface area contributed by atoms with E-state index in [1.54, 1.807) is 0 Å². The van der Waals surface area contributed by atoms with Crippen molar-refractivity contribution in [2.24, 2.45) is 0 Å². The number of hydrogen-bond acceptors (Lipinski definition) is 6. The van der Waals surface area contributed by atoms with Crippen LogP contribution in [0, 0.1) is 0 Å². The standard InChI is InChI=1S/C18H20N4OS/c1-13(22-9-7-16-15(12-22)8-10-24-16)11-19-18-20-17(23-21-18)14-5-3-2-4-6-14/h2-6,8,10,13H,7,9,11-12H2,1H3,(H,19,21). The van der Waals surface area contributed by atoms with Crippen LogP contribution in [0.1, 0.15) is 17.4 Å². The van der Waals surface area contributed by atoms with Crippen LogP contribution in [0.25, 0.3) is 11.5 Å². The lowest BCUT2D eigenvalue weighted by atomic mass is 10.1. The molecule has 5 nitrogen and oxygen atoms in total. The van der Waals surface area contributed by atoms with Gasteiger partial charge in [0, 0.05) is 36.1 Å². The van der Waals surface area contributed by atoms with Gasteiger partial charge in [0.2, 0.25) is 0 Å². The van der Waals surface area contributed by atoms with E-state index in [9.17, 15) is 0 Å². The molecule has 1 N–H and O–H groups in total. The molecule has 124 valence electrons. The van der Waals surface area contributed by atoms with Gasteiger partial charge in [-0.05, 0) is 47.6 Å². The Hall–Kier alpha value is -2.18. The maximum absolute atomic E-state index is 5.33. The van der Waals surface area contributed by atoms with E-state index < -0.39 is 0 Å². The van der Waals surface area contributed by atoms with E-state index in [1.165, 1.54) is 10.4 Å². The summed E-state index contributed by atoms with van der Waals surface area (Å²) >= 11 is 1.88. The van der Waals surface area contributed by atoms with Crippen LogP contribution in [-0.2, 0) is 13.0 Å². The lowest BCUT2D eigenvalue weighted by Crippen LogP contribution is -2.40. The smallest absolute Gasteiger partial charge is 0.263 e. The first-order valence-corrected chi connectivity index (χ1v) is 9.10. The van der Waals surface area contributed by atoms with Gasteiger partial charge in [-0.1, -0.05) is 18.2 Å². The number of fused-ring (bicyclic) bond motifs is 1. The number of rotatable bonds is 5. The Balaban J connectivity index is 1.35. The highest BCUT2D eigenvalue weighted by atomic mass is 32.1. The Morgan fingerprint density at radius 3 is 3.04 bits per heavy atom. The van der Waals surface area contributed by atoms with Crippen LogP contribution in [-0.4, -0.2) is 34.2 Å². The van der Waals surface area contributed by atoms with E-state index in [1.807, 2.05) is 41.7 Å². The fraction of sp³-hybridized carbons (Fsp3) is 0.333. The van der Waals surface area contributed by atoms with Crippen molar-refractivity contribution in [1.82, 2.24) is 15.0 Å². The molecular formula is C18H20N4OS. The summed E-state index contributed by atoms with van der Waals surface area (Å²) in [6, 6.07) is 12.5. The first-order chi connectivity index (χ1) is 11.8. The molecule has 0 radical (unpaired) electrons. The predicted molar refractivity (Wildman–Crippen MR) is 96.1 cm³/mol. The highest BCUT2D eigenvalue weighted by molar-refractivity contribution is 7.10. The zero-order valence-corrected chi connectivity index (χ0v) is 14.4. The van der Waals surface area contributed by atoms with Crippen LogP contribution in [0.4, 0.5) is 5.95 Å². The highest BCUT2D eigenvalue weighted by Crippen LogP contribution is 2.25. The molecule has 0 aliphatic carbocycles. The van der Waals surface area contributed by atoms with Crippen molar-refractivity contribution in [3.05, 3.63) is 52.2 Å². The van der Waals surface area contributed by atoms with Crippen LogP contribution in [0.15, 0.2) is 46.3 Å². The number of anilines is 1. The SMILES string of the molecule is CC(CNc1noc(-c2ccccc2)n1)N1CCc2sccc2C1. The van der Waals surface area contributed by atoms with E-state index in [0.717, 1.165) is 31.6 Å². The van der Waals surface area contributed by atoms with Gasteiger partial charge >= 0.3 is 0 Å². The Bertz CT molecular complexity index is 798. The number of thiophene rings is 1. The zero-order chi connectivity index (χ0) is 16.4. The second-order valence-corrected chi connectivity index (χ2v) is 7.11. The average molecular weight is 340 g/mol. The van der Waals surface area contributed by atoms with Gasteiger partial charge in [-0.25, -0.2) is 0 Å². The lowest BCUT2D eigenvalue weighted by molar-refractivity contribution is 0.199. The van der Waals surface area contributed by atoms with Gasteiger partial charge in [0.15, 0.2) is 0 Å². The lowest BCUT2D eigenvalue weighted by Gasteiger charge is -2.32. The Kier molecular flexibility index (Phi) is 4.32. The van der Waals surface area contributed by atoms with Crippen molar-refractivity contribution in [3.63, 3.8) is 0 Å². The monoisotopic (exact) mass is 340 g/mol. The van der Waals surface area contributed by atoms with Gasteiger partial charge in [-0.3, -0.25) is 4.90 Å². The maximum Gasteiger partial charge on any atom is 0.263 e. The van der Waals surface area contributed by atoms with Crippen LogP contribution < -0.4 is 5.32 Å². The van der Waals surface area contributed by atoms with Crippen LogP contribution >= 0.6 is 11.3 Å².